The normalized spacial score (nSPS) is 10.0. The first-order chi connectivity index (χ1) is 7.99. The first-order valence-corrected chi connectivity index (χ1v) is 6.41. The van der Waals surface area contributed by atoms with Gasteiger partial charge in [0, 0.05) is 30.6 Å². The molecule has 7 heteroatoms. The minimum Gasteiger partial charge on any atom is -0.355 e. The highest BCUT2D eigenvalue weighted by Crippen LogP contribution is 2.14. The Morgan fingerprint density at radius 2 is 2.00 bits per heavy atom. The minimum absolute atomic E-state index is 0.0660. The molecule has 0 spiro atoms. The van der Waals surface area contributed by atoms with Crippen molar-refractivity contribution in [3.8, 4) is 0 Å². The van der Waals surface area contributed by atoms with E-state index in [1.165, 1.54) is 18.3 Å². The Morgan fingerprint density at radius 1 is 1.35 bits per heavy atom. The molecule has 0 radical (unpaired) electrons. The molecule has 2 amide bonds. The van der Waals surface area contributed by atoms with Gasteiger partial charge in [-0.2, -0.15) is 0 Å². The number of rotatable bonds is 5. The molecule has 0 unspecified atom stereocenters. The van der Waals surface area contributed by atoms with E-state index in [1.54, 1.807) is 0 Å². The molecule has 0 aliphatic rings. The van der Waals surface area contributed by atoms with Crippen LogP contribution in [0.5, 0.6) is 0 Å². The standard InChI is InChI=1S/C10H15N3O2S2/c1-6-8(17-10(16)13-6)5-9(15)12-4-3-11-7(2)14/h3-5H2,1-2H3,(H,11,14)(H,12,15)(H,13,16). The quantitative estimate of drug-likeness (QED) is 0.551. The fourth-order valence-corrected chi connectivity index (χ4v) is 2.54. The van der Waals surface area contributed by atoms with Gasteiger partial charge in [0.1, 0.15) is 0 Å². The molecule has 0 fully saturated rings. The van der Waals surface area contributed by atoms with Crippen molar-refractivity contribution in [3.63, 3.8) is 0 Å². The van der Waals surface area contributed by atoms with E-state index in [1.807, 2.05) is 6.92 Å². The Morgan fingerprint density at radius 3 is 2.53 bits per heavy atom. The van der Waals surface area contributed by atoms with Crippen LogP contribution in [0.1, 0.15) is 17.5 Å². The smallest absolute Gasteiger partial charge is 0.225 e. The molecule has 0 aliphatic carbocycles. The number of amides is 2. The number of thiazole rings is 1. The molecule has 5 nitrogen and oxygen atoms in total. The lowest BCUT2D eigenvalue weighted by atomic mass is 10.3. The van der Waals surface area contributed by atoms with Crippen molar-refractivity contribution >= 4 is 35.4 Å². The van der Waals surface area contributed by atoms with Crippen LogP contribution in [0.2, 0.25) is 0 Å². The maximum absolute atomic E-state index is 11.6. The summed E-state index contributed by atoms with van der Waals surface area (Å²) in [5.74, 6) is -0.164. The summed E-state index contributed by atoms with van der Waals surface area (Å²) in [5, 5.41) is 5.33. The highest BCUT2D eigenvalue weighted by molar-refractivity contribution is 7.73. The molecule has 0 saturated carbocycles. The van der Waals surface area contributed by atoms with Gasteiger partial charge in [0.25, 0.3) is 0 Å². The molecule has 17 heavy (non-hydrogen) atoms. The van der Waals surface area contributed by atoms with Crippen molar-refractivity contribution in [2.45, 2.75) is 20.3 Å². The number of aryl methyl sites for hydroxylation is 1. The average molecular weight is 273 g/mol. The van der Waals surface area contributed by atoms with Gasteiger partial charge in [0.15, 0.2) is 3.95 Å². The Bertz CT molecular complexity index is 464. The van der Waals surface area contributed by atoms with Gasteiger partial charge in [-0.05, 0) is 19.1 Å². The van der Waals surface area contributed by atoms with Crippen LogP contribution in [0.25, 0.3) is 0 Å². The minimum atomic E-state index is -0.0984. The Kier molecular flexibility index (Phi) is 5.30. The molecule has 1 rings (SSSR count). The van der Waals surface area contributed by atoms with Crippen molar-refractivity contribution < 1.29 is 9.59 Å². The van der Waals surface area contributed by atoms with Crippen LogP contribution in [-0.4, -0.2) is 29.9 Å². The van der Waals surface area contributed by atoms with Crippen molar-refractivity contribution in [1.29, 1.82) is 0 Å². The first-order valence-electron chi connectivity index (χ1n) is 5.18. The molecule has 0 aliphatic heterocycles. The van der Waals surface area contributed by atoms with Gasteiger partial charge in [-0.3, -0.25) is 9.59 Å². The SMILES string of the molecule is CC(=O)NCCNC(=O)Cc1sc(=S)[nH]c1C. The lowest BCUT2D eigenvalue weighted by Crippen LogP contribution is -2.34. The molecule has 0 saturated heterocycles. The third-order valence-corrected chi connectivity index (χ3v) is 3.40. The molecular weight excluding hydrogens is 258 g/mol. The fraction of sp³-hybridized carbons (Fsp3) is 0.500. The Balaban J connectivity index is 2.32. The Hall–Kier alpha value is -1.21. The number of carbonyl (C=O) groups excluding carboxylic acids is 2. The van der Waals surface area contributed by atoms with Crippen LogP contribution >= 0.6 is 23.6 Å². The maximum atomic E-state index is 11.6. The highest BCUT2D eigenvalue weighted by atomic mass is 32.1. The largest absolute Gasteiger partial charge is 0.355 e. The van der Waals surface area contributed by atoms with Gasteiger partial charge in [0.05, 0.1) is 6.42 Å². The lowest BCUT2D eigenvalue weighted by molar-refractivity contribution is -0.121. The molecular formula is C10H15N3O2S2. The average Bonchev–Trinajstić information content (AvgIpc) is 2.52. The van der Waals surface area contributed by atoms with E-state index in [2.05, 4.69) is 15.6 Å². The van der Waals surface area contributed by atoms with Crippen molar-refractivity contribution in [3.05, 3.63) is 14.5 Å². The van der Waals surface area contributed by atoms with E-state index in [9.17, 15) is 9.59 Å². The van der Waals surface area contributed by atoms with E-state index in [4.69, 9.17) is 12.2 Å². The van der Waals surface area contributed by atoms with Gasteiger partial charge >= 0.3 is 0 Å². The first kappa shape index (κ1) is 13.9. The van der Waals surface area contributed by atoms with Crippen molar-refractivity contribution in [2.75, 3.05) is 13.1 Å². The van der Waals surface area contributed by atoms with Crippen LogP contribution in [0.3, 0.4) is 0 Å². The van der Waals surface area contributed by atoms with E-state index in [0.717, 1.165) is 10.6 Å². The molecule has 0 aromatic carbocycles. The van der Waals surface area contributed by atoms with Crippen molar-refractivity contribution in [2.24, 2.45) is 0 Å². The summed E-state index contributed by atoms with van der Waals surface area (Å²) in [6.45, 7) is 4.22. The summed E-state index contributed by atoms with van der Waals surface area (Å²) in [6, 6.07) is 0. The maximum Gasteiger partial charge on any atom is 0.225 e. The molecule has 1 aromatic rings. The van der Waals surface area contributed by atoms with Gasteiger partial charge in [-0.1, -0.05) is 0 Å². The van der Waals surface area contributed by atoms with Crippen LogP contribution in [-0.2, 0) is 16.0 Å². The third-order valence-electron chi connectivity index (χ3n) is 2.07. The predicted octanol–water partition coefficient (Wildman–Crippen LogP) is 0.909. The zero-order chi connectivity index (χ0) is 12.8. The summed E-state index contributed by atoms with van der Waals surface area (Å²) < 4.78 is 0.684. The Labute approximate surface area is 109 Å². The summed E-state index contributed by atoms with van der Waals surface area (Å²) in [5.41, 5.74) is 0.942. The molecule has 3 N–H and O–H groups in total. The lowest BCUT2D eigenvalue weighted by Gasteiger charge is -2.04. The monoisotopic (exact) mass is 273 g/mol. The van der Waals surface area contributed by atoms with Crippen LogP contribution in [0.4, 0.5) is 0 Å². The van der Waals surface area contributed by atoms with E-state index >= 15 is 0 Å². The van der Waals surface area contributed by atoms with Gasteiger partial charge in [0.2, 0.25) is 11.8 Å². The summed E-state index contributed by atoms with van der Waals surface area (Å²) in [6.07, 6.45) is 0.323. The molecule has 1 heterocycles. The second-order valence-corrected chi connectivity index (χ2v) is 5.34. The zero-order valence-corrected chi connectivity index (χ0v) is 11.4. The van der Waals surface area contributed by atoms with Gasteiger partial charge < -0.3 is 15.6 Å². The van der Waals surface area contributed by atoms with Crippen LogP contribution in [0, 0.1) is 10.9 Å². The second-order valence-electron chi connectivity index (χ2n) is 3.57. The summed E-state index contributed by atoms with van der Waals surface area (Å²) in [7, 11) is 0. The number of aromatic nitrogens is 1. The van der Waals surface area contributed by atoms with E-state index in [0.29, 0.717) is 23.5 Å². The predicted molar refractivity (Wildman–Crippen MR) is 69.6 cm³/mol. The molecule has 0 bridgehead atoms. The summed E-state index contributed by atoms with van der Waals surface area (Å²) in [4.78, 5) is 26.1. The van der Waals surface area contributed by atoms with Crippen LogP contribution < -0.4 is 10.6 Å². The van der Waals surface area contributed by atoms with Crippen LogP contribution in [0.15, 0.2) is 0 Å². The fourth-order valence-electron chi connectivity index (χ4n) is 1.25. The number of aromatic amines is 1. The van der Waals surface area contributed by atoms with Gasteiger partial charge in [-0.25, -0.2) is 0 Å². The van der Waals surface area contributed by atoms with Gasteiger partial charge in [-0.15, -0.1) is 11.3 Å². The van der Waals surface area contributed by atoms with E-state index < -0.39 is 0 Å². The number of carbonyl (C=O) groups is 2. The number of hydrogen-bond donors (Lipinski definition) is 3. The van der Waals surface area contributed by atoms with Crippen molar-refractivity contribution in [1.82, 2.24) is 15.6 Å². The second kappa shape index (κ2) is 6.51. The van der Waals surface area contributed by atoms with E-state index in [-0.39, 0.29) is 11.8 Å². The number of H-pyrrole nitrogens is 1. The highest BCUT2D eigenvalue weighted by Gasteiger charge is 2.07. The number of hydrogen-bond acceptors (Lipinski definition) is 4. The molecule has 1 aromatic heterocycles. The molecule has 0 atom stereocenters. The number of nitrogens with one attached hydrogen (secondary N) is 3. The third kappa shape index (κ3) is 5.10. The topological polar surface area (TPSA) is 74.0 Å². The summed E-state index contributed by atoms with van der Waals surface area (Å²) >= 11 is 6.41. The molecule has 94 valence electrons. The zero-order valence-electron chi connectivity index (χ0n) is 9.75.